The lowest BCUT2D eigenvalue weighted by Gasteiger charge is -2.51. The molecule has 6 atom stereocenters. The Morgan fingerprint density at radius 1 is 0.761 bits per heavy atom. The van der Waals surface area contributed by atoms with E-state index in [4.69, 9.17) is 23.7 Å². The number of rotatable bonds is 7. The van der Waals surface area contributed by atoms with E-state index in [0.29, 0.717) is 0 Å². The van der Waals surface area contributed by atoms with Crippen LogP contribution >= 0.6 is 15.9 Å². The van der Waals surface area contributed by atoms with Crippen molar-refractivity contribution < 1.29 is 47.7 Å². The second-order valence-electron chi connectivity index (χ2n) is 16.6. The highest BCUT2D eigenvalue weighted by Crippen LogP contribution is 2.38. The highest BCUT2D eigenvalue weighted by Gasteiger charge is 2.57. The van der Waals surface area contributed by atoms with E-state index >= 15 is 0 Å². The molecule has 0 aromatic carbocycles. The standard InChI is InChI=1S/C34H54BrNO10/c1-18(2)20-15-21(37)19(35)16-36(20)26-25(46-30(41)34(12,13)14)24(45-29(40)33(9,10)11)23(44-28(39)32(6,7)8)22(43-26)17-42-27(38)31(3,4)5/h16,18,20,22-26H,15,17H2,1-14H3/t20-,22+,23-,24-,25+,26+/m0/s1. The van der Waals surface area contributed by atoms with Crippen molar-refractivity contribution >= 4 is 45.6 Å². The first kappa shape index (κ1) is 39.7. The summed E-state index contributed by atoms with van der Waals surface area (Å²) in [6, 6.07) is -0.403. The van der Waals surface area contributed by atoms with E-state index in [1.54, 1.807) is 94.2 Å². The monoisotopic (exact) mass is 715 g/mol. The second-order valence-corrected chi connectivity index (χ2v) is 17.5. The molecular weight excluding hydrogens is 662 g/mol. The number of hydrogen-bond acceptors (Lipinski definition) is 11. The van der Waals surface area contributed by atoms with Crippen LogP contribution in [0.3, 0.4) is 0 Å². The smallest absolute Gasteiger partial charge is 0.311 e. The summed E-state index contributed by atoms with van der Waals surface area (Å²) in [5.41, 5.74) is -3.77. The lowest BCUT2D eigenvalue weighted by molar-refractivity contribution is -0.284. The quantitative estimate of drug-likeness (QED) is 0.237. The van der Waals surface area contributed by atoms with Crippen LogP contribution in [0.1, 0.15) is 103 Å². The molecule has 0 unspecified atom stereocenters. The molecule has 11 nitrogen and oxygen atoms in total. The van der Waals surface area contributed by atoms with Crippen LogP contribution in [-0.4, -0.2) is 77.9 Å². The number of halogens is 1. The zero-order chi connectivity index (χ0) is 35.7. The van der Waals surface area contributed by atoms with Gasteiger partial charge in [-0.1, -0.05) is 13.8 Å². The Kier molecular flexibility index (Phi) is 12.4. The van der Waals surface area contributed by atoms with E-state index in [2.05, 4.69) is 15.9 Å². The average molecular weight is 717 g/mol. The van der Waals surface area contributed by atoms with Gasteiger partial charge in [0.2, 0.25) is 0 Å². The molecule has 0 aromatic rings. The molecule has 0 bridgehead atoms. The molecule has 0 saturated carbocycles. The van der Waals surface area contributed by atoms with Gasteiger partial charge in [-0.15, -0.1) is 0 Å². The number of ketones is 1. The van der Waals surface area contributed by atoms with Crippen LogP contribution in [0.15, 0.2) is 10.7 Å². The molecule has 0 radical (unpaired) electrons. The maximum Gasteiger partial charge on any atom is 0.311 e. The molecule has 1 saturated heterocycles. The van der Waals surface area contributed by atoms with Crippen LogP contribution in [0.2, 0.25) is 0 Å². The van der Waals surface area contributed by atoms with Gasteiger partial charge in [-0.25, -0.2) is 0 Å². The van der Waals surface area contributed by atoms with Crippen LogP contribution in [0, 0.1) is 27.6 Å². The van der Waals surface area contributed by atoms with Gasteiger partial charge in [0.05, 0.1) is 26.1 Å². The first-order valence-corrected chi connectivity index (χ1v) is 16.6. The number of esters is 4. The van der Waals surface area contributed by atoms with Gasteiger partial charge in [0.25, 0.3) is 0 Å². The van der Waals surface area contributed by atoms with Crippen molar-refractivity contribution in [3.05, 3.63) is 10.7 Å². The van der Waals surface area contributed by atoms with E-state index in [1.807, 2.05) is 13.8 Å². The van der Waals surface area contributed by atoms with Crippen LogP contribution in [0.25, 0.3) is 0 Å². The first-order valence-electron chi connectivity index (χ1n) is 15.8. The molecule has 0 spiro atoms. The average Bonchev–Trinajstić information content (AvgIpc) is 2.88. The molecule has 0 aromatic heterocycles. The number of hydrogen-bond donors (Lipinski definition) is 0. The Labute approximate surface area is 282 Å². The van der Waals surface area contributed by atoms with Gasteiger partial charge in [0.15, 0.2) is 30.3 Å². The summed E-state index contributed by atoms with van der Waals surface area (Å²) >= 11 is 3.36. The number of carbonyl (C=O) groups excluding carboxylic acids is 5. The maximum atomic E-state index is 13.5. The van der Waals surface area contributed by atoms with Gasteiger partial charge >= 0.3 is 23.9 Å². The molecule has 0 N–H and O–H groups in total. The number of ether oxygens (including phenoxy) is 5. The van der Waals surface area contributed by atoms with Gasteiger partial charge in [0, 0.05) is 18.7 Å². The number of Topliss-reactive ketones (excluding diaryl/α,β-unsaturated/α-hetero) is 1. The molecule has 2 heterocycles. The summed E-state index contributed by atoms with van der Waals surface area (Å²) in [5.74, 6) is -2.58. The molecule has 2 aliphatic heterocycles. The lowest BCUT2D eigenvalue weighted by Crippen LogP contribution is -2.68. The molecule has 0 amide bonds. The molecule has 12 heteroatoms. The van der Waals surface area contributed by atoms with Crippen molar-refractivity contribution in [3.63, 3.8) is 0 Å². The summed E-state index contributed by atoms with van der Waals surface area (Å²) in [4.78, 5) is 67.9. The Balaban J connectivity index is 2.86. The number of carbonyl (C=O) groups is 5. The minimum atomic E-state index is -1.38. The zero-order valence-electron chi connectivity index (χ0n) is 29.9. The third-order valence-corrected chi connectivity index (χ3v) is 8.18. The SMILES string of the molecule is CC(C)[C@@H]1CC(=O)C(Br)=CN1[C@@H]1O[C@H](COC(=O)C(C)(C)C)[C@H](OC(=O)C(C)(C)C)[C@H](OC(=O)C(C)(C)C)[C@H]1OC(=O)C(C)(C)C. The Morgan fingerprint density at radius 2 is 1.17 bits per heavy atom. The van der Waals surface area contributed by atoms with Crippen LogP contribution in [-0.2, 0) is 47.7 Å². The summed E-state index contributed by atoms with van der Waals surface area (Å²) in [6.45, 7) is 23.7. The predicted molar refractivity (Wildman–Crippen MR) is 174 cm³/mol. The molecule has 2 aliphatic rings. The zero-order valence-corrected chi connectivity index (χ0v) is 31.5. The Morgan fingerprint density at radius 3 is 1.59 bits per heavy atom. The van der Waals surface area contributed by atoms with E-state index in [1.165, 1.54) is 0 Å². The fourth-order valence-corrected chi connectivity index (χ4v) is 4.88. The van der Waals surface area contributed by atoms with Crippen molar-refractivity contribution in [2.24, 2.45) is 27.6 Å². The van der Waals surface area contributed by atoms with Crippen molar-refractivity contribution in [1.82, 2.24) is 4.90 Å². The van der Waals surface area contributed by atoms with Crippen LogP contribution in [0.5, 0.6) is 0 Å². The fraction of sp³-hybridized carbons (Fsp3) is 0.794. The normalized spacial score (nSPS) is 26.3. The first-order chi connectivity index (χ1) is 20.7. The topological polar surface area (TPSA) is 135 Å². The molecule has 262 valence electrons. The van der Waals surface area contributed by atoms with Crippen LogP contribution in [0.4, 0.5) is 0 Å². The Bertz CT molecular complexity index is 1200. The summed E-state index contributed by atoms with van der Waals surface area (Å²) in [5, 5.41) is 0. The van der Waals surface area contributed by atoms with E-state index < -0.39 is 82.2 Å². The van der Waals surface area contributed by atoms with Gasteiger partial charge in [-0.05, 0) is 105 Å². The predicted octanol–water partition coefficient (Wildman–Crippen LogP) is 5.71. The highest BCUT2D eigenvalue weighted by atomic mass is 79.9. The van der Waals surface area contributed by atoms with Gasteiger partial charge in [-0.2, -0.15) is 0 Å². The molecule has 46 heavy (non-hydrogen) atoms. The lowest BCUT2D eigenvalue weighted by atomic mass is 9.89. The van der Waals surface area contributed by atoms with Crippen molar-refractivity contribution in [1.29, 1.82) is 0 Å². The van der Waals surface area contributed by atoms with Gasteiger partial charge < -0.3 is 28.6 Å². The van der Waals surface area contributed by atoms with Crippen molar-refractivity contribution in [2.45, 2.75) is 140 Å². The number of nitrogens with zero attached hydrogens (tertiary/aromatic N) is 1. The molecule has 1 fully saturated rings. The van der Waals surface area contributed by atoms with E-state index in [9.17, 15) is 24.0 Å². The van der Waals surface area contributed by atoms with Crippen molar-refractivity contribution in [3.8, 4) is 0 Å². The number of allylic oxidation sites excluding steroid dienone is 1. The van der Waals surface area contributed by atoms with Crippen LogP contribution < -0.4 is 0 Å². The third-order valence-electron chi connectivity index (χ3n) is 7.54. The molecular formula is C34H54BrNO10. The Hall–Kier alpha value is -2.47. The van der Waals surface area contributed by atoms with Gasteiger partial charge in [-0.3, -0.25) is 24.0 Å². The molecule has 0 aliphatic carbocycles. The maximum absolute atomic E-state index is 13.5. The van der Waals surface area contributed by atoms with E-state index in [0.717, 1.165) is 0 Å². The molecule has 2 rings (SSSR count). The minimum Gasteiger partial charge on any atom is -0.462 e. The van der Waals surface area contributed by atoms with Gasteiger partial charge in [0.1, 0.15) is 12.7 Å². The summed E-state index contributed by atoms with van der Waals surface area (Å²) in [7, 11) is 0. The largest absolute Gasteiger partial charge is 0.462 e. The fourth-order valence-electron chi connectivity index (χ4n) is 4.48. The third kappa shape index (κ3) is 10.0. The minimum absolute atomic E-state index is 0.0625. The summed E-state index contributed by atoms with van der Waals surface area (Å²) < 4.78 is 30.9. The van der Waals surface area contributed by atoms with Crippen molar-refractivity contribution in [2.75, 3.05) is 6.61 Å². The van der Waals surface area contributed by atoms with E-state index in [-0.39, 0.29) is 29.2 Å². The summed E-state index contributed by atoms with van der Waals surface area (Å²) in [6.07, 6.45) is -4.61. The highest BCUT2D eigenvalue weighted by molar-refractivity contribution is 9.12. The second kappa shape index (κ2) is 14.3.